The average molecular weight is 453 g/mol. The number of likely N-dealkylation sites (N-methyl/N-ethyl adjacent to an activating group) is 1. The van der Waals surface area contributed by atoms with Crippen molar-refractivity contribution in [2.24, 2.45) is 0 Å². The van der Waals surface area contributed by atoms with Crippen molar-refractivity contribution in [1.29, 1.82) is 0 Å². The summed E-state index contributed by atoms with van der Waals surface area (Å²) in [4.78, 5) is 30.8. The molecule has 2 aromatic rings. The number of hydrogen-bond donors (Lipinski definition) is 2. The molecule has 0 radical (unpaired) electrons. The number of rotatable bonds is 6. The van der Waals surface area contributed by atoms with Gasteiger partial charge in [-0.05, 0) is 74.0 Å². The molecule has 2 heterocycles. The van der Waals surface area contributed by atoms with Gasteiger partial charge in [-0.25, -0.2) is 0 Å². The zero-order valence-electron chi connectivity index (χ0n) is 18.9. The fourth-order valence-electron chi connectivity index (χ4n) is 4.64. The van der Waals surface area contributed by atoms with Crippen LogP contribution >= 0.6 is 11.8 Å². The largest absolute Gasteiger partial charge is 0.374 e. The van der Waals surface area contributed by atoms with Crippen LogP contribution in [0.2, 0.25) is 0 Å². The summed E-state index contributed by atoms with van der Waals surface area (Å²) in [5, 5.41) is 5.61. The predicted octanol–water partition coefficient (Wildman–Crippen LogP) is 3.68. The monoisotopic (exact) mass is 452 g/mol. The second-order valence-corrected chi connectivity index (χ2v) is 9.45. The maximum atomic E-state index is 12.6. The van der Waals surface area contributed by atoms with E-state index in [0.717, 1.165) is 31.0 Å². The molecule has 0 saturated carbocycles. The number of benzene rings is 2. The molecule has 2 aromatic carbocycles. The molecule has 32 heavy (non-hydrogen) atoms. The van der Waals surface area contributed by atoms with E-state index in [1.54, 1.807) is 17.8 Å². The first-order valence-electron chi connectivity index (χ1n) is 11.4. The number of piperidine rings is 1. The molecular weight excluding hydrogens is 420 g/mol. The third-order valence-corrected chi connectivity index (χ3v) is 7.16. The van der Waals surface area contributed by atoms with Gasteiger partial charge in [-0.15, -0.1) is 11.8 Å². The lowest BCUT2D eigenvalue weighted by atomic mass is 9.98. The SMILES string of the molecule is CSc1cccc(NC(=O)C(=O)NCC(c2ccc3c(c2)CCN3C)N2CCCCC2)c1. The van der Waals surface area contributed by atoms with E-state index in [1.807, 2.05) is 24.5 Å². The summed E-state index contributed by atoms with van der Waals surface area (Å²) in [5.74, 6) is -1.22. The number of likely N-dealkylation sites (tertiary alicyclic amines) is 1. The van der Waals surface area contributed by atoms with E-state index in [0.29, 0.717) is 12.2 Å². The number of fused-ring (bicyclic) bond motifs is 1. The molecule has 0 aliphatic carbocycles. The summed E-state index contributed by atoms with van der Waals surface area (Å²) >= 11 is 1.59. The summed E-state index contributed by atoms with van der Waals surface area (Å²) in [6.07, 6.45) is 6.62. The van der Waals surface area contributed by atoms with Crippen LogP contribution in [-0.4, -0.2) is 56.2 Å². The van der Waals surface area contributed by atoms with Gasteiger partial charge in [-0.2, -0.15) is 0 Å². The van der Waals surface area contributed by atoms with Crippen LogP contribution in [0.3, 0.4) is 0 Å². The molecule has 1 atom stereocenters. The molecule has 1 saturated heterocycles. The Hall–Kier alpha value is -2.51. The zero-order chi connectivity index (χ0) is 22.5. The van der Waals surface area contributed by atoms with Crippen LogP contribution in [0.25, 0.3) is 0 Å². The molecule has 4 rings (SSSR count). The molecule has 0 aromatic heterocycles. The highest BCUT2D eigenvalue weighted by Crippen LogP contribution is 2.32. The minimum Gasteiger partial charge on any atom is -0.374 e. The smallest absolute Gasteiger partial charge is 0.313 e. The number of thioether (sulfide) groups is 1. The first-order chi connectivity index (χ1) is 15.5. The number of hydrogen-bond acceptors (Lipinski definition) is 5. The van der Waals surface area contributed by atoms with Crippen molar-refractivity contribution in [3.8, 4) is 0 Å². The Morgan fingerprint density at radius 1 is 1.03 bits per heavy atom. The average Bonchev–Trinajstić information content (AvgIpc) is 3.20. The molecule has 0 spiro atoms. The molecule has 2 aliphatic rings. The number of nitrogens with one attached hydrogen (secondary N) is 2. The molecular formula is C25H32N4O2S. The molecule has 6 nitrogen and oxygen atoms in total. The highest BCUT2D eigenvalue weighted by molar-refractivity contribution is 7.98. The van der Waals surface area contributed by atoms with E-state index < -0.39 is 11.8 Å². The second-order valence-electron chi connectivity index (χ2n) is 8.57. The van der Waals surface area contributed by atoms with Crippen molar-refractivity contribution < 1.29 is 9.59 Å². The van der Waals surface area contributed by atoms with Crippen LogP contribution in [-0.2, 0) is 16.0 Å². The Bertz CT molecular complexity index is 974. The van der Waals surface area contributed by atoms with Crippen LogP contribution in [0.1, 0.15) is 36.4 Å². The van der Waals surface area contributed by atoms with Crippen LogP contribution in [0.15, 0.2) is 47.4 Å². The quantitative estimate of drug-likeness (QED) is 0.517. The standard InChI is InChI=1S/C25H32N4O2S/c1-28-14-11-19-15-18(9-10-22(19)28)23(29-12-4-3-5-13-29)17-26-24(30)25(31)27-20-7-6-8-21(16-20)32-2/h6-10,15-16,23H,3-5,11-14,17H2,1-2H3,(H,26,30)(H,27,31). The van der Waals surface area contributed by atoms with E-state index >= 15 is 0 Å². The summed E-state index contributed by atoms with van der Waals surface area (Å²) in [6.45, 7) is 3.50. The Morgan fingerprint density at radius 3 is 2.62 bits per heavy atom. The van der Waals surface area contributed by atoms with Gasteiger partial charge < -0.3 is 15.5 Å². The predicted molar refractivity (Wildman–Crippen MR) is 131 cm³/mol. The van der Waals surface area contributed by atoms with Crippen molar-refractivity contribution in [1.82, 2.24) is 10.2 Å². The van der Waals surface area contributed by atoms with E-state index in [1.165, 1.54) is 36.1 Å². The Balaban J connectivity index is 1.44. The number of carbonyl (C=O) groups is 2. The van der Waals surface area contributed by atoms with E-state index in [2.05, 4.69) is 45.7 Å². The number of nitrogens with zero attached hydrogens (tertiary/aromatic N) is 2. The molecule has 7 heteroatoms. The fraction of sp³-hybridized carbons (Fsp3) is 0.440. The molecule has 1 fully saturated rings. The lowest BCUT2D eigenvalue weighted by Gasteiger charge is -2.35. The normalized spacial score (nSPS) is 17.0. The first-order valence-corrected chi connectivity index (χ1v) is 12.6. The summed E-state index contributed by atoms with van der Waals surface area (Å²) in [6, 6.07) is 14.2. The Morgan fingerprint density at radius 2 is 1.84 bits per heavy atom. The van der Waals surface area contributed by atoms with Gasteiger partial charge in [-0.3, -0.25) is 14.5 Å². The maximum absolute atomic E-state index is 12.6. The van der Waals surface area contributed by atoms with Gasteiger partial charge in [0.15, 0.2) is 0 Å². The fourth-order valence-corrected chi connectivity index (χ4v) is 5.10. The van der Waals surface area contributed by atoms with Crippen molar-refractivity contribution in [2.75, 3.05) is 49.7 Å². The zero-order valence-corrected chi connectivity index (χ0v) is 19.7. The molecule has 170 valence electrons. The van der Waals surface area contributed by atoms with Gasteiger partial charge in [0.25, 0.3) is 0 Å². The Kier molecular flexibility index (Phi) is 7.37. The van der Waals surface area contributed by atoms with Crippen molar-refractivity contribution in [3.63, 3.8) is 0 Å². The number of anilines is 2. The van der Waals surface area contributed by atoms with Crippen molar-refractivity contribution in [2.45, 2.75) is 36.6 Å². The minimum absolute atomic E-state index is 0.0723. The topological polar surface area (TPSA) is 64.7 Å². The third kappa shape index (κ3) is 5.27. The van der Waals surface area contributed by atoms with Crippen LogP contribution < -0.4 is 15.5 Å². The minimum atomic E-state index is -0.628. The second kappa shape index (κ2) is 10.4. The summed E-state index contributed by atoms with van der Waals surface area (Å²) in [7, 11) is 2.13. The van der Waals surface area contributed by atoms with Crippen molar-refractivity contribution in [3.05, 3.63) is 53.6 Å². The van der Waals surface area contributed by atoms with Gasteiger partial charge in [-0.1, -0.05) is 24.6 Å². The van der Waals surface area contributed by atoms with E-state index in [9.17, 15) is 9.59 Å². The highest BCUT2D eigenvalue weighted by atomic mass is 32.2. The summed E-state index contributed by atoms with van der Waals surface area (Å²) < 4.78 is 0. The number of amides is 2. The highest BCUT2D eigenvalue weighted by Gasteiger charge is 2.26. The van der Waals surface area contributed by atoms with Gasteiger partial charge in [0.1, 0.15) is 0 Å². The van der Waals surface area contributed by atoms with Gasteiger partial charge in [0, 0.05) is 36.4 Å². The van der Waals surface area contributed by atoms with Crippen molar-refractivity contribution >= 4 is 35.0 Å². The Labute approximate surface area is 194 Å². The van der Waals surface area contributed by atoms with Crippen LogP contribution in [0.5, 0.6) is 0 Å². The molecule has 2 N–H and O–H groups in total. The van der Waals surface area contributed by atoms with Gasteiger partial charge in [0.2, 0.25) is 0 Å². The lowest BCUT2D eigenvalue weighted by Crippen LogP contribution is -2.43. The maximum Gasteiger partial charge on any atom is 0.313 e. The lowest BCUT2D eigenvalue weighted by molar-refractivity contribution is -0.136. The third-order valence-electron chi connectivity index (χ3n) is 6.44. The molecule has 2 amide bonds. The van der Waals surface area contributed by atoms with Gasteiger partial charge >= 0.3 is 11.8 Å². The van der Waals surface area contributed by atoms with Crippen LogP contribution in [0, 0.1) is 0 Å². The first kappa shape index (κ1) is 22.7. The van der Waals surface area contributed by atoms with E-state index in [-0.39, 0.29) is 6.04 Å². The molecule has 2 aliphatic heterocycles. The van der Waals surface area contributed by atoms with Crippen LogP contribution in [0.4, 0.5) is 11.4 Å². The van der Waals surface area contributed by atoms with Gasteiger partial charge in [0.05, 0.1) is 6.04 Å². The number of carbonyl (C=O) groups excluding carboxylic acids is 2. The summed E-state index contributed by atoms with van der Waals surface area (Å²) in [5.41, 5.74) is 4.51. The van der Waals surface area contributed by atoms with E-state index in [4.69, 9.17) is 0 Å². The molecule has 1 unspecified atom stereocenters. The molecule has 0 bridgehead atoms.